The van der Waals surface area contributed by atoms with E-state index in [2.05, 4.69) is 5.32 Å². The van der Waals surface area contributed by atoms with Crippen LogP contribution in [0.3, 0.4) is 0 Å². The van der Waals surface area contributed by atoms with Crippen molar-refractivity contribution in [2.75, 3.05) is 17.4 Å². The molecule has 4 aromatic rings. The summed E-state index contributed by atoms with van der Waals surface area (Å²) in [6, 6.07) is 24.2. The van der Waals surface area contributed by atoms with Gasteiger partial charge in [0.1, 0.15) is 12.6 Å². The Balaban J connectivity index is 1.84. The molecule has 0 aromatic heterocycles. The Morgan fingerprint density at radius 2 is 1.56 bits per heavy atom. The molecule has 12 heteroatoms. The van der Waals surface area contributed by atoms with Gasteiger partial charge in [0.2, 0.25) is 11.8 Å². The first kappa shape index (κ1) is 36.5. The van der Waals surface area contributed by atoms with Crippen LogP contribution in [0.5, 0.6) is 0 Å². The van der Waals surface area contributed by atoms with Crippen LogP contribution < -0.4 is 9.62 Å². The van der Waals surface area contributed by atoms with Gasteiger partial charge < -0.3 is 10.2 Å². The summed E-state index contributed by atoms with van der Waals surface area (Å²) < 4.78 is 70.3. The number of unbranched alkanes of at least 4 members (excludes halogenated alkanes) is 1. The van der Waals surface area contributed by atoms with Gasteiger partial charge >= 0.3 is 6.18 Å². The molecule has 0 bridgehead atoms. The van der Waals surface area contributed by atoms with Crippen LogP contribution in [-0.2, 0) is 38.8 Å². The summed E-state index contributed by atoms with van der Waals surface area (Å²) in [5.74, 6) is -1.27. The average molecular weight is 700 g/mol. The molecule has 254 valence electrons. The molecule has 0 heterocycles. The Bertz CT molecular complexity index is 1800. The first-order valence-electron chi connectivity index (χ1n) is 15.4. The van der Waals surface area contributed by atoms with Gasteiger partial charge in [0, 0.05) is 24.5 Å². The third-order valence-electron chi connectivity index (χ3n) is 7.75. The molecule has 7 nitrogen and oxygen atoms in total. The molecule has 0 saturated carbocycles. The number of hydrogen-bond acceptors (Lipinski definition) is 4. The van der Waals surface area contributed by atoms with Crippen LogP contribution in [0.2, 0.25) is 5.02 Å². The number of anilines is 1. The van der Waals surface area contributed by atoms with Gasteiger partial charge in [0.25, 0.3) is 10.0 Å². The lowest BCUT2D eigenvalue weighted by Crippen LogP contribution is -2.53. The Kier molecular flexibility index (Phi) is 12.3. The Morgan fingerprint density at radius 1 is 0.896 bits per heavy atom. The summed E-state index contributed by atoms with van der Waals surface area (Å²) in [6.45, 7) is 3.02. The lowest BCUT2D eigenvalue weighted by molar-refractivity contribution is -0.140. The van der Waals surface area contributed by atoms with Crippen LogP contribution in [0.4, 0.5) is 18.9 Å². The largest absolute Gasteiger partial charge is 0.416 e. The molecule has 1 N–H and O–H groups in total. The van der Waals surface area contributed by atoms with Gasteiger partial charge in [0.15, 0.2) is 0 Å². The van der Waals surface area contributed by atoms with Crippen molar-refractivity contribution in [2.45, 2.75) is 56.8 Å². The van der Waals surface area contributed by atoms with E-state index >= 15 is 0 Å². The Labute approximate surface area is 284 Å². The molecule has 2 amide bonds. The number of alkyl halides is 3. The van der Waals surface area contributed by atoms with Crippen molar-refractivity contribution in [2.24, 2.45) is 0 Å². The zero-order valence-electron chi connectivity index (χ0n) is 26.6. The van der Waals surface area contributed by atoms with Crippen molar-refractivity contribution < 1.29 is 31.2 Å². The minimum Gasteiger partial charge on any atom is -0.354 e. The van der Waals surface area contributed by atoms with Crippen LogP contribution in [0.25, 0.3) is 0 Å². The highest BCUT2D eigenvalue weighted by Gasteiger charge is 2.36. The molecule has 0 aliphatic heterocycles. The summed E-state index contributed by atoms with van der Waals surface area (Å²) in [7, 11) is -4.57. The van der Waals surface area contributed by atoms with Crippen LogP contribution in [-0.4, -0.2) is 44.3 Å². The van der Waals surface area contributed by atoms with Crippen molar-refractivity contribution >= 4 is 39.1 Å². The highest BCUT2D eigenvalue weighted by atomic mass is 35.5. The van der Waals surface area contributed by atoms with Crippen molar-refractivity contribution in [1.82, 2.24) is 10.2 Å². The van der Waals surface area contributed by atoms with Crippen molar-refractivity contribution in [3.63, 3.8) is 0 Å². The molecule has 0 aliphatic rings. The number of nitrogens with zero attached hydrogens (tertiary/aromatic N) is 2. The van der Waals surface area contributed by atoms with Crippen molar-refractivity contribution in [3.8, 4) is 0 Å². The first-order valence-corrected chi connectivity index (χ1v) is 17.2. The molecule has 0 radical (unpaired) electrons. The van der Waals surface area contributed by atoms with Crippen LogP contribution in [0.15, 0.2) is 108 Å². The van der Waals surface area contributed by atoms with E-state index in [4.69, 9.17) is 11.6 Å². The summed E-state index contributed by atoms with van der Waals surface area (Å²) in [4.78, 5) is 29.3. The SMILES string of the molecule is CCCCNC(=O)C(Cc1ccccc1)N(Cc1ccccc1Cl)C(=O)CN(c1cccc(C(F)(F)F)c1)S(=O)(=O)c1ccc(C)cc1. The summed E-state index contributed by atoms with van der Waals surface area (Å²) >= 11 is 6.50. The number of halogens is 4. The van der Waals surface area contributed by atoms with Gasteiger partial charge in [-0.15, -0.1) is 0 Å². The predicted molar refractivity (Wildman–Crippen MR) is 181 cm³/mol. The molecule has 4 rings (SSSR count). The fourth-order valence-electron chi connectivity index (χ4n) is 5.07. The second kappa shape index (κ2) is 16.2. The van der Waals surface area contributed by atoms with Crippen LogP contribution >= 0.6 is 11.6 Å². The molecule has 48 heavy (non-hydrogen) atoms. The van der Waals surface area contributed by atoms with E-state index in [1.165, 1.54) is 23.1 Å². The quantitative estimate of drug-likeness (QED) is 0.139. The molecule has 0 aliphatic carbocycles. The van der Waals surface area contributed by atoms with E-state index in [0.29, 0.717) is 33.9 Å². The average Bonchev–Trinajstić information content (AvgIpc) is 3.06. The van der Waals surface area contributed by atoms with Gasteiger partial charge in [-0.2, -0.15) is 13.2 Å². The normalized spacial score (nSPS) is 12.3. The predicted octanol–water partition coefficient (Wildman–Crippen LogP) is 7.42. The first-order chi connectivity index (χ1) is 22.8. The summed E-state index contributed by atoms with van der Waals surface area (Å²) in [6.07, 6.45) is -3.18. The Hall–Kier alpha value is -4.35. The number of carbonyl (C=O) groups excluding carboxylic acids is 2. The van der Waals surface area contributed by atoms with Gasteiger partial charge in [-0.3, -0.25) is 13.9 Å². The maximum absolute atomic E-state index is 14.5. The molecule has 4 aromatic carbocycles. The number of benzene rings is 4. The highest BCUT2D eigenvalue weighted by Crippen LogP contribution is 2.33. The Morgan fingerprint density at radius 3 is 2.21 bits per heavy atom. The monoisotopic (exact) mass is 699 g/mol. The number of nitrogens with one attached hydrogen (secondary N) is 1. The van der Waals surface area contributed by atoms with E-state index in [9.17, 15) is 31.2 Å². The maximum Gasteiger partial charge on any atom is 0.416 e. The molecular formula is C36H37ClF3N3O4S. The second-order valence-electron chi connectivity index (χ2n) is 11.3. The third kappa shape index (κ3) is 9.38. The minimum absolute atomic E-state index is 0.0866. The molecular weight excluding hydrogens is 663 g/mol. The van der Waals surface area contributed by atoms with E-state index < -0.39 is 46.2 Å². The zero-order chi connectivity index (χ0) is 34.9. The molecule has 1 atom stereocenters. The molecule has 0 saturated heterocycles. The lowest BCUT2D eigenvalue weighted by atomic mass is 10.0. The number of amides is 2. The summed E-state index contributed by atoms with van der Waals surface area (Å²) in [5.41, 5.74) is 0.565. The van der Waals surface area contributed by atoms with E-state index in [1.54, 1.807) is 67.6 Å². The maximum atomic E-state index is 14.5. The number of carbonyl (C=O) groups is 2. The van der Waals surface area contributed by atoms with E-state index in [-0.39, 0.29) is 23.5 Å². The van der Waals surface area contributed by atoms with Crippen LogP contribution in [0.1, 0.15) is 42.0 Å². The molecule has 0 spiro atoms. The molecule has 1 unspecified atom stereocenters. The van der Waals surface area contributed by atoms with Gasteiger partial charge in [0.05, 0.1) is 16.1 Å². The number of rotatable bonds is 14. The van der Waals surface area contributed by atoms with Crippen LogP contribution in [0, 0.1) is 6.92 Å². The lowest BCUT2D eigenvalue weighted by Gasteiger charge is -2.34. The number of sulfonamides is 1. The van der Waals surface area contributed by atoms with E-state index in [0.717, 1.165) is 29.7 Å². The zero-order valence-corrected chi connectivity index (χ0v) is 28.2. The van der Waals surface area contributed by atoms with Crippen molar-refractivity contribution in [3.05, 3.63) is 130 Å². The van der Waals surface area contributed by atoms with Gasteiger partial charge in [-0.1, -0.05) is 97.2 Å². The highest BCUT2D eigenvalue weighted by molar-refractivity contribution is 7.92. The smallest absolute Gasteiger partial charge is 0.354 e. The fourth-order valence-corrected chi connectivity index (χ4v) is 6.68. The second-order valence-corrected chi connectivity index (χ2v) is 13.6. The number of hydrogen-bond donors (Lipinski definition) is 1. The fraction of sp³-hybridized carbons (Fsp3) is 0.278. The van der Waals surface area contributed by atoms with E-state index in [1.807, 2.05) is 13.0 Å². The summed E-state index contributed by atoms with van der Waals surface area (Å²) in [5, 5.41) is 3.21. The molecule has 0 fully saturated rings. The third-order valence-corrected chi connectivity index (χ3v) is 9.91. The topological polar surface area (TPSA) is 86.8 Å². The standard InChI is InChI=1S/C36H37ClF3N3O4S/c1-3-4-21-41-35(45)33(22-27-11-6-5-7-12-27)42(24-28-13-8-9-16-32(28)37)34(44)25-43(30-15-10-14-29(23-30)36(38,39)40)48(46,47)31-19-17-26(2)18-20-31/h5-20,23,33H,3-4,21-22,24-25H2,1-2H3,(H,41,45). The minimum atomic E-state index is -4.77. The van der Waals surface area contributed by atoms with Gasteiger partial charge in [-0.25, -0.2) is 8.42 Å². The number of aryl methyl sites for hydroxylation is 1. The van der Waals surface area contributed by atoms with Gasteiger partial charge in [-0.05, 0) is 60.9 Å². The van der Waals surface area contributed by atoms with Crippen molar-refractivity contribution in [1.29, 1.82) is 0 Å².